The van der Waals surface area contributed by atoms with Crippen molar-refractivity contribution in [3.05, 3.63) is 0 Å². The maximum atomic E-state index is 5.81. The van der Waals surface area contributed by atoms with Crippen LogP contribution < -0.4 is 5.73 Å². The Morgan fingerprint density at radius 3 is 2.56 bits per heavy atom. The average molecular weight is 145 g/mol. The molecule has 1 fully saturated rings. The minimum atomic E-state index is 0.352. The molecule has 1 aliphatic rings. The molecule has 0 aromatic rings. The zero-order valence-corrected chi connectivity index (χ0v) is 7.00. The van der Waals surface area contributed by atoms with Crippen LogP contribution in [0.2, 0.25) is 0 Å². The molecule has 9 heavy (non-hydrogen) atoms. The molecule has 0 aliphatic carbocycles. The molecule has 0 amide bonds. The SMILES string of the molecule is C[C@@H](N)C1(C)CCCS1. The van der Waals surface area contributed by atoms with Gasteiger partial charge in [0.15, 0.2) is 0 Å². The molecule has 2 heteroatoms. The van der Waals surface area contributed by atoms with Crippen LogP contribution >= 0.6 is 11.8 Å². The molecule has 0 spiro atoms. The Morgan fingerprint density at radius 2 is 2.33 bits per heavy atom. The van der Waals surface area contributed by atoms with Crippen molar-refractivity contribution in [2.24, 2.45) is 5.73 Å². The van der Waals surface area contributed by atoms with Gasteiger partial charge in [0.1, 0.15) is 0 Å². The van der Waals surface area contributed by atoms with Crippen molar-refractivity contribution in [2.75, 3.05) is 5.75 Å². The molecule has 1 aliphatic heterocycles. The lowest BCUT2D eigenvalue weighted by Gasteiger charge is -2.26. The van der Waals surface area contributed by atoms with Crippen LogP contribution in [-0.2, 0) is 0 Å². The number of nitrogens with two attached hydrogens (primary N) is 1. The fourth-order valence-electron chi connectivity index (χ4n) is 1.16. The summed E-state index contributed by atoms with van der Waals surface area (Å²) in [4.78, 5) is 0. The van der Waals surface area contributed by atoms with E-state index in [9.17, 15) is 0 Å². The Labute approximate surface area is 61.4 Å². The van der Waals surface area contributed by atoms with Crippen molar-refractivity contribution in [1.82, 2.24) is 0 Å². The highest BCUT2D eigenvalue weighted by molar-refractivity contribution is 8.00. The largest absolute Gasteiger partial charge is 0.327 e. The van der Waals surface area contributed by atoms with Gasteiger partial charge in [-0.1, -0.05) is 0 Å². The van der Waals surface area contributed by atoms with Crippen LogP contribution in [0.15, 0.2) is 0 Å². The summed E-state index contributed by atoms with van der Waals surface area (Å²) < 4.78 is 0.389. The summed E-state index contributed by atoms with van der Waals surface area (Å²) in [5, 5.41) is 0. The Kier molecular flexibility index (Phi) is 2.07. The number of thioether (sulfide) groups is 1. The normalized spacial score (nSPS) is 39.0. The second-order valence-corrected chi connectivity index (χ2v) is 4.68. The third-order valence-electron chi connectivity index (χ3n) is 2.21. The summed E-state index contributed by atoms with van der Waals surface area (Å²) in [5.41, 5.74) is 5.81. The van der Waals surface area contributed by atoms with Gasteiger partial charge >= 0.3 is 0 Å². The topological polar surface area (TPSA) is 26.0 Å². The van der Waals surface area contributed by atoms with Gasteiger partial charge in [-0.2, -0.15) is 11.8 Å². The van der Waals surface area contributed by atoms with Gasteiger partial charge in [0.05, 0.1) is 0 Å². The molecule has 0 radical (unpaired) electrons. The first-order chi connectivity index (χ1) is 4.15. The standard InChI is InChI=1S/C7H15NS/c1-6(8)7(2)4-3-5-9-7/h6H,3-5,8H2,1-2H3/t6-,7?/m1/s1. The van der Waals surface area contributed by atoms with E-state index in [1.165, 1.54) is 18.6 Å². The molecule has 1 nitrogen and oxygen atoms in total. The van der Waals surface area contributed by atoms with Crippen LogP contribution in [0.3, 0.4) is 0 Å². The second kappa shape index (κ2) is 2.51. The van der Waals surface area contributed by atoms with Gasteiger partial charge in [-0.25, -0.2) is 0 Å². The highest BCUT2D eigenvalue weighted by Crippen LogP contribution is 2.39. The van der Waals surface area contributed by atoms with E-state index < -0.39 is 0 Å². The van der Waals surface area contributed by atoms with Crippen molar-refractivity contribution in [2.45, 2.75) is 37.5 Å². The number of hydrogen-bond acceptors (Lipinski definition) is 2. The third kappa shape index (κ3) is 1.41. The highest BCUT2D eigenvalue weighted by Gasteiger charge is 2.32. The smallest absolute Gasteiger partial charge is 0.0280 e. The number of rotatable bonds is 1. The van der Waals surface area contributed by atoms with Crippen molar-refractivity contribution >= 4 is 11.8 Å². The van der Waals surface area contributed by atoms with Crippen molar-refractivity contribution in [1.29, 1.82) is 0 Å². The zero-order chi connectivity index (χ0) is 6.91. The Morgan fingerprint density at radius 1 is 1.67 bits per heavy atom. The molecule has 2 atom stereocenters. The van der Waals surface area contributed by atoms with Gasteiger partial charge in [-0.15, -0.1) is 0 Å². The predicted molar refractivity (Wildman–Crippen MR) is 43.7 cm³/mol. The molecule has 1 heterocycles. The minimum Gasteiger partial charge on any atom is -0.327 e. The molecule has 54 valence electrons. The summed E-state index contributed by atoms with van der Waals surface area (Å²) in [5.74, 6) is 1.30. The molecule has 1 rings (SSSR count). The first-order valence-electron chi connectivity index (χ1n) is 3.55. The molecule has 1 saturated heterocycles. The van der Waals surface area contributed by atoms with Gasteiger partial charge in [0.2, 0.25) is 0 Å². The molecule has 2 N–H and O–H groups in total. The Balaban J connectivity index is 2.51. The van der Waals surface area contributed by atoms with E-state index in [1.54, 1.807) is 0 Å². The van der Waals surface area contributed by atoms with Crippen LogP contribution in [0, 0.1) is 0 Å². The van der Waals surface area contributed by atoms with E-state index >= 15 is 0 Å². The summed E-state index contributed by atoms with van der Waals surface area (Å²) in [6.45, 7) is 4.38. The average Bonchev–Trinajstić information content (AvgIpc) is 2.16. The van der Waals surface area contributed by atoms with E-state index in [0.717, 1.165) is 0 Å². The molecular weight excluding hydrogens is 130 g/mol. The van der Waals surface area contributed by atoms with E-state index in [2.05, 4.69) is 13.8 Å². The molecule has 0 aromatic heterocycles. The molecule has 0 aromatic carbocycles. The van der Waals surface area contributed by atoms with E-state index in [0.29, 0.717) is 10.8 Å². The van der Waals surface area contributed by atoms with Gasteiger partial charge < -0.3 is 5.73 Å². The lowest BCUT2D eigenvalue weighted by atomic mass is 9.99. The molecule has 0 bridgehead atoms. The monoisotopic (exact) mass is 145 g/mol. The minimum absolute atomic E-state index is 0.352. The van der Waals surface area contributed by atoms with Crippen LogP contribution in [0.25, 0.3) is 0 Å². The fraction of sp³-hybridized carbons (Fsp3) is 1.00. The van der Waals surface area contributed by atoms with Gasteiger partial charge in [0, 0.05) is 10.8 Å². The van der Waals surface area contributed by atoms with Crippen molar-refractivity contribution in [3.63, 3.8) is 0 Å². The van der Waals surface area contributed by atoms with Crippen LogP contribution in [0.4, 0.5) is 0 Å². The second-order valence-electron chi connectivity index (χ2n) is 3.05. The third-order valence-corrected chi connectivity index (χ3v) is 3.94. The Bertz CT molecular complexity index is 95.1. The zero-order valence-electron chi connectivity index (χ0n) is 6.18. The summed E-state index contributed by atoms with van der Waals surface area (Å²) in [6.07, 6.45) is 2.65. The first kappa shape index (κ1) is 7.42. The van der Waals surface area contributed by atoms with Crippen molar-refractivity contribution < 1.29 is 0 Å². The maximum Gasteiger partial charge on any atom is 0.0280 e. The lowest BCUT2D eigenvalue weighted by molar-refractivity contribution is 0.514. The highest BCUT2D eigenvalue weighted by atomic mass is 32.2. The molecular formula is C7H15NS. The summed E-state index contributed by atoms with van der Waals surface area (Å²) in [7, 11) is 0. The summed E-state index contributed by atoms with van der Waals surface area (Å²) in [6, 6.07) is 0.352. The van der Waals surface area contributed by atoms with E-state index in [1.807, 2.05) is 11.8 Å². The van der Waals surface area contributed by atoms with Gasteiger partial charge in [0.25, 0.3) is 0 Å². The fourth-order valence-corrected chi connectivity index (χ4v) is 2.47. The van der Waals surface area contributed by atoms with Crippen LogP contribution in [-0.4, -0.2) is 16.5 Å². The quantitative estimate of drug-likeness (QED) is 0.607. The maximum absolute atomic E-state index is 5.81. The molecule has 0 saturated carbocycles. The number of hydrogen-bond donors (Lipinski definition) is 1. The first-order valence-corrected chi connectivity index (χ1v) is 4.53. The molecule has 1 unspecified atom stereocenters. The van der Waals surface area contributed by atoms with Crippen LogP contribution in [0.5, 0.6) is 0 Å². The van der Waals surface area contributed by atoms with Gasteiger partial charge in [-0.3, -0.25) is 0 Å². The lowest BCUT2D eigenvalue weighted by Crippen LogP contribution is -2.38. The Hall–Kier alpha value is 0.310. The summed E-state index contributed by atoms with van der Waals surface area (Å²) >= 11 is 2.03. The van der Waals surface area contributed by atoms with Gasteiger partial charge in [-0.05, 0) is 32.4 Å². The van der Waals surface area contributed by atoms with E-state index in [4.69, 9.17) is 5.73 Å². The van der Waals surface area contributed by atoms with Crippen LogP contribution in [0.1, 0.15) is 26.7 Å². The van der Waals surface area contributed by atoms with E-state index in [-0.39, 0.29) is 0 Å². The predicted octanol–water partition coefficient (Wildman–Crippen LogP) is 1.62. The van der Waals surface area contributed by atoms with Crippen molar-refractivity contribution in [3.8, 4) is 0 Å².